The lowest BCUT2D eigenvalue weighted by Gasteiger charge is -2.30. The van der Waals surface area contributed by atoms with Crippen molar-refractivity contribution in [3.8, 4) is 0 Å². The zero-order valence-electron chi connectivity index (χ0n) is 10.7. The lowest BCUT2D eigenvalue weighted by molar-refractivity contribution is 0.0897. The maximum absolute atomic E-state index is 13.5. The Balaban J connectivity index is 3.05. The van der Waals surface area contributed by atoms with Crippen molar-refractivity contribution in [3.63, 3.8) is 0 Å². The van der Waals surface area contributed by atoms with Crippen molar-refractivity contribution < 1.29 is 18.0 Å². The van der Waals surface area contributed by atoms with Crippen LogP contribution in [0.2, 0.25) is 0 Å². The van der Waals surface area contributed by atoms with Gasteiger partial charge in [0.05, 0.1) is 11.1 Å². The molecule has 1 aromatic carbocycles. The van der Waals surface area contributed by atoms with Gasteiger partial charge in [0.2, 0.25) is 0 Å². The SMILES string of the molecule is CCC(CC)(CCl)NC(=O)c1ccc(F)c(F)c1F. The molecule has 0 aliphatic heterocycles. The van der Waals surface area contributed by atoms with Gasteiger partial charge < -0.3 is 5.32 Å². The van der Waals surface area contributed by atoms with Crippen LogP contribution in [0.5, 0.6) is 0 Å². The molecule has 0 bridgehead atoms. The second-order valence-electron chi connectivity index (χ2n) is 4.30. The first kappa shape index (κ1) is 15.8. The molecule has 106 valence electrons. The van der Waals surface area contributed by atoms with Crippen LogP contribution in [0.4, 0.5) is 13.2 Å². The van der Waals surface area contributed by atoms with Gasteiger partial charge in [-0.1, -0.05) is 13.8 Å². The summed E-state index contributed by atoms with van der Waals surface area (Å²) in [6.45, 7) is 3.65. The van der Waals surface area contributed by atoms with Crippen molar-refractivity contribution in [1.82, 2.24) is 5.32 Å². The van der Waals surface area contributed by atoms with Crippen LogP contribution in [-0.4, -0.2) is 17.3 Å². The number of benzene rings is 1. The van der Waals surface area contributed by atoms with Crippen molar-refractivity contribution in [2.75, 3.05) is 5.88 Å². The number of carbonyl (C=O) groups excluding carboxylic acids is 1. The topological polar surface area (TPSA) is 29.1 Å². The third kappa shape index (κ3) is 3.21. The molecule has 6 heteroatoms. The van der Waals surface area contributed by atoms with Gasteiger partial charge in [-0.05, 0) is 25.0 Å². The van der Waals surface area contributed by atoms with Crippen molar-refractivity contribution in [2.24, 2.45) is 0 Å². The van der Waals surface area contributed by atoms with E-state index >= 15 is 0 Å². The number of alkyl halides is 1. The van der Waals surface area contributed by atoms with Gasteiger partial charge in [0.25, 0.3) is 5.91 Å². The molecule has 0 saturated carbocycles. The summed E-state index contributed by atoms with van der Waals surface area (Å²) >= 11 is 5.81. The number of hydrogen-bond donors (Lipinski definition) is 1. The zero-order chi connectivity index (χ0) is 14.6. The lowest BCUT2D eigenvalue weighted by Crippen LogP contribution is -2.49. The van der Waals surface area contributed by atoms with Crippen LogP contribution in [0.15, 0.2) is 12.1 Å². The Morgan fingerprint density at radius 3 is 2.26 bits per heavy atom. The molecule has 2 nitrogen and oxygen atoms in total. The van der Waals surface area contributed by atoms with E-state index in [1.807, 2.05) is 13.8 Å². The predicted octanol–water partition coefficient (Wildman–Crippen LogP) is 3.63. The molecule has 1 aromatic rings. The molecule has 0 saturated heterocycles. The number of amides is 1. The highest BCUT2D eigenvalue weighted by molar-refractivity contribution is 6.19. The second-order valence-corrected chi connectivity index (χ2v) is 4.57. The van der Waals surface area contributed by atoms with E-state index in [1.165, 1.54) is 0 Å². The molecule has 0 unspecified atom stereocenters. The van der Waals surface area contributed by atoms with E-state index in [0.717, 1.165) is 6.07 Å². The molecule has 0 aliphatic carbocycles. The predicted molar refractivity (Wildman–Crippen MR) is 67.8 cm³/mol. The third-order valence-corrected chi connectivity index (χ3v) is 3.78. The van der Waals surface area contributed by atoms with Crippen molar-refractivity contribution >= 4 is 17.5 Å². The molecular formula is C13H15ClF3NO. The third-order valence-electron chi connectivity index (χ3n) is 3.27. The van der Waals surface area contributed by atoms with Crippen LogP contribution < -0.4 is 5.32 Å². The highest BCUT2D eigenvalue weighted by atomic mass is 35.5. The molecule has 0 fully saturated rings. The summed E-state index contributed by atoms with van der Waals surface area (Å²) in [6.07, 6.45) is 1.09. The number of rotatable bonds is 5. The van der Waals surface area contributed by atoms with Crippen molar-refractivity contribution in [2.45, 2.75) is 32.2 Å². The monoisotopic (exact) mass is 293 g/mol. The molecule has 0 aromatic heterocycles. The molecule has 0 spiro atoms. The Kier molecular flexibility index (Phi) is 5.23. The molecule has 0 atom stereocenters. The lowest BCUT2D eigenvalue weighted by atomic mass is 9.94. The Morgan fingerprint density at radius 2 is 1.79 bits per heavy atom. The molecule has 0 aliphatic rings. The van der Waals surface area contributed by atoms with Crippen molar-refractivity contribution in [1.29, 1.82) is 0 Å². The van der Waals surface area contributed by atoms with Gasteiger partial charge in [-0.25, -0.2) is 13.2 Å². The minimum absolute atomic E-state index is 0.150. The largest absolute Gasteiger partial charge is 0.345 e. The number of halogens is 4. The first-order valence-corrected chi connectivity index (χ1v) is 6.46. The maximum atomic E-state index is 13.5. The number of nitrogens with one attached hydrogen (secondary N) is 1. The van der Waals surface area contributed by atoms with Crippen LogP contribution in [0.1, 0.15) is 37.0 Å². The van der Waals surface area contributed by atoms with E-state index in [9.17, 15) is 18.0 Å². The highest BCUT2D eigenvalue weighted by Gasteiger charge is 2.29. The van der Waals surface area contributed by atoms with Crippen LogP contribution >= 0.6 is 11.6 Å². The highest BCUT2D eigenvalue weighted by Crippen LogP contribution is 2.20. The second kappa shape index (κ2) is 6.28. The van der Waals surface area contributed by atoms with Crippen LogP contribution in [0, 0.1) is 17.5 Å². The molecular weight excluding hydrogens is 279 g/mol. The van der Waals surface area contributed by atoms with Gasteiger partial charge in [0, 0.05) is 5.88 Å². The van der Waals surface area contributed by atoms with E-state index in [0.29, 0.717) is 18.9 Å². The fourth-order valence-corrected chi connectivity index (χ4v) is 2.10. The van der Waals surface area contributed by atoms with Crippen LogP contribution in [0.25, 0.3) is 0 Å². The summed E-state index contributed by atoms with van der Waals surface area (Å²) in [5.41, 5.74) is -1.22. The number of carbonyl (C=O) groups is 1. The summed E-state index contributed by atoms with van der Waals surface area (Å²) < 4.78 is 39.4. The average molecular weight is 294 g/mol. The summed E-state index contributed by atoms with van der Waals surface area (Å²) in [5, 5.41) is 2.58. The van der Waals surface area contributed by atoms with Gasteiger partial charge in [-0.15, -0.1) is 11.6 Å². The first-order chi connectivity index (χ1) is 8.90. The first-order valence-electron chi connectivity index (χ1n) is 5.92. The van der Waals surface area contributed by atoms with Gasteiger partial charge >= 0.3 is 0 Å². The molecule has 0 heterocycles. The van der Waals surface area contributed by atoms with Crippen LogP contribution in [0.3, 0.4) is 0 Å². The van der Waals surface area contributed by atoms with Gasteiger partial charge in [-0.2, -0.15) is 0 Å². The zero-order valence-corrected chi connectivity index (χ0v) is 11.5. The van der Waals surface area contributed by atoms with E-state index < -0.39 is 34.5 Å². The minimum Gasteiger partial charge on any atom is -0.345 e. The fourth-order valence-electron chi connectivity index (χ4n) is 1.66. The molecule has 0 radical (unpaired) electrons. The van der Waals surface area contributed by atoms with Gasteiger partial charge in [0.1, 0.15) is 0 Å². The Labute approximate surface area is 114 Å². The van der Waals surface area contributed by atoms with E-state index in [-0.39, 0.29) is 5.88 Å². The number of hydrogen-bond acceptors (Lipinski definition) is 1. The normalized spacial score (nSPS) is 11.5. The van der Waals surface area contributed by atoms with Gasteiger partial charge in [-0.3, -0.25) is 4.79 Å². The summed E-state index contributed by atoms with van der Waals surface area (Å²) in [5.74, 6) is -5.13. The Bertz CT molecular complexity index is 467. The Hall–Kier alpha value is -1.23. The van der Waals surface area contributed by atoms with Crippen molar-refractivity contribution in [3.05, 3.63) is 35.1 Å². The average Bonchev–Trinajstić information content (AvgIpc) is 2.42. The fraction of sp³-hybridized carbons (Fsp3) is 0.462. The Morgan fingerprint density at radius 1 is 1.21 bits per heavy atom. The van der Waals surface area contributed by atoms with E-state index in [2.05, 4.69) is 5.32 Å². The standard InChI is InChI=1S/C13H15ClF3NO/c1-3-13(4-2,7-14)18-12(19)8-5-6-9(15)11(17)10(8)16/h5-6H,3-4,7H2,1-2H3,(H,18,19). The molecule has 1 rings (SSSR count). The summed E-state index contributed by atoms with van der Waals surface area (Å²) in [6, 6.07) is 1.63. The molecule has 19 heavy (non-hydrogen) atoms. The van der Waals surface area contributed by atoms with E-state index in [1.54, 1.807) is 0 Å². The quantitative estimate of drug-likeness (QED) is 0.652. The van der Waals surface area contributed by atoms with Crippen LogP contribution in [-0.2, 0) is 0 Å². The van der Waals surface area contributed by atoms with Gasteiger partial charge in [0.15, 0.2) is 17.5 Å². The van der Waals surface area contributed by atoms with E-state index in [4.69, 9.17) is 11.6 Å². The maximum Gasteiger partial charge on any atom is 0.254 e. The minimum atomic E-state index is -1.66. The smallest absolute Gasteiger partial charge is 0.254 e. The molecule has 1 amide bonds. The molecule has 1 N–H and O–H groups in total. The summed E-state index contributed by atoms with van der Waals surface area (Å²) in [4.78, 5) is 11.9. The summed E-state index contributed by atoms with van der Waals surface area (Å²) in [7, 11) is 0.